The third-order valence-electron chi connectivity index (χ3n) is 3.26. The Kier molecular flexibility index (Phi) is 6.00. The third kappa shape index (κ3) is 4.70. The smallest absolute Gasteiger partial charge is 0.202 e. The highest BCUT2D eigenvalue weighted by atomic mass is 32.2. The van der Waals surface area contributed by atoms with Gasteiger partial charge in [0.1, 0.15) is 5.82 Å². The number of methoxy groups -OCH3 is 1. The zero-order chi connectivity index (χ0) is 16.7. The standard InChI is InChI=1S/C15H20N4O3S/c1-3-19(9-10-22-2)14-6-4-5-13(18-14)12-23(20,21)15-11-16-7-8-17-15/h4-8,11H,3,9-10,12H2,1-2H3. The molecule has 2 heterocycles. The molecule has 7 nitrogen and oxygen atoms in total. The number of pyridine rings is 1. The number of likely N-dealkylation sites (N-methyl/N-ethyl adjacent to an activating group) is 1. The highest BCUT2D eigenvalue weighted by Crippen LogP contribution is 2.16. The lowest BCUT2D eigenvalue weighted by Gasteiger charge is -2.21. The fourth-order valence-corrected chi connectivity index (χ4v) is 3.22. The molecule has 2 rings (SSSR count). The monoisotopic (exact) mass is 336 g/mol. The maximum Gasteiger partial charge on any atom is 0.202 e. The van der Waals surface area contributed by atoms with Crippen LogP contribution >= 0.6 is 0 Å². The van der Waals surface area contributed by atoms with Crippen LogP contribution in [0.4, 0.5) is 5.82 Å². The van der Waals surface area contributed by atoms with Gasteiger partial charge in [-0.2, -0.15) is 0 Å². The number of rotatable bonds is 8. The molecule has 2 aromatic heterocycles. The van der Waals surface area contributed by atoms with Gasteiger partial charge >= 0.3 is 0 Å². The Morgan fingerprint density at radius 1 is 1.26 bits per heavy atom. The molecule has 0 N–H and O–H groups in total. The molecule has 0 saturated carbocycles. The van der Waals surface area contributed by atoms with Crippen molar-refractivity contribution in [1.29, 1.82) is 0 Å². The highest BCUT2D eigenvalue weighted by Gasteiger charge is 2.18. The van der Waals surface area contributed by atoms with Crippen LogP contribution in [0.3, 0.4) is 0 Å². The molecule has 0 aliphatic carbocycles. The van der Waals surface area contributed by atoms with Gasteiger partial charge in [0.05, 0.1) is 24.3 Å². The van der Waals surface area contributed by atoms with E-state index in [1.54, 1.807) is 19.2 Å². The fourth-order valence-electron chi connectivity index (χ4n) is 2.07. The summed E-state index contributed by atoms with van der Waals surface area (Å²) in [6.45, 7) is 4.05. The van der Waals surface area contributed by atoms with Crippen LogP contribution in [0.25, 0.3) is 0 Å². The molecule has 0 aliphatic rings. The first-order chi connectivity index (χ1) is 11.1. The summed E-state index contributed by atoms with van der Waals surface area (Å²) < 4.78 is 29.8. The number of nitrogens with zero attached hydrogens (tertiary/aromatic N) is 4. The van der Waals surface area contributed by atoms with E-state index >= 15 is 0 Å². The van der Waals surface area contributed by atoms with Crippen molar-refractivity contribution in [1.82, 2.24) is 15.0 Å². The third-order valence-corrected chi connectivity index (χ3v) is 4.78. The molecule has 0 aliphatic heterocycles. The Hall–Kier alpha value is -2.06. The van der Waals surface area contributed by atoms with E-state index in [0.29, 0.717) is 18.8 Å². The average Bonchev–Trinajstić information content (AvgIpc) is 2.56. The van der Waals surface area contributed by atoms with E-state index in [1.165, 1.54) is 18.6 Å². The van der Waals surface area contributed by atoms with Crippen LogP contribution < -0.4 is 4.90 Å². The van der Waals surface area contributed by atoms with Crippen molar-refractivity contribution in [3.63, 3.8) is 0 Å². The van der Waals surface area contributed by atoms with E-state index in [-0.39, 0.29) is 10.8 Å². The van der Waals surface area contributed by atoms with Gasteiger partial charge in [-0.25, -0.2) is 18.4 Å². The largest absolute Gasteiger partial charge is 0.383 e. The van der Waals surface area contributed by atoms with Crippen LogP contribution in [0.2, 0.25) is 0 Å². The Morgan fingerprint density at radius 3 is 2.74 bits per heavy atom. The van der Waals surface area contributed by atoms with Crippen molar-refractivity contribution in [3.8, 4) is 0 Å². The molecule has 2 aromatic rings. The fraction of sp³-hybridized carbons (Fsp3) is 0.400. The lowest BCUT2D eigenvalue weighted by molar-refractivity contribution is 0.205. The van der Waals surface area contributed by atoms with Crippen molar-refractivity contribution >= 4 is 15.7 Å². The summed E-state index contributed by atoms with van der Waals surface area (Å²) in [7, 11) is -1.91. The van der Waals surface area contributed by atoms with Crippen LogP contribution in [0.5, 0.6) is 0 Å². The van der Waals surface area contributed by atoms with Gasteiger partial charge in [-0.05, 0) is 19.1 Å². The second-order valence-corrected chi connectivity index (χ2v) is 6.80. The van der Waals surface area contributed by atoms with Crippen LogP contribution in [-0.4, -0.2) is 50.2 Å². The van der Waals surface area contributed by atoms with Crippen molar-refractivity contribution < 1.29 is 13.2 Å². The van der Waals surface area contributed by atoms with E-state index in [2.05, 4.69) is 15.0 Å². The summed E-state index contributed by atoms with van der Waals surface area (Å²) in [5.41, 5.74) is 0.476. The molecule has 0 aromatic carbocycles. The normalized spacial score (nSPS) is 11.4. The number of hydrogen-bond donors (Lipinski definition) is 0. The topological polar surface area (TPSA) is 85.3 Å². The number of sulfone groups is 1. The van der Waals surface area contributed by atoms with E-state index in [1.807, 2.05) is 17.9 Å². The molecular formula is C15H20N4O3S. The lowest BCUT2D eigenvalue weighted by atomic mass is 10.3. The highest BCUT2D eigenvalue weighted by molar-refractivity contribution is 7.90. The summed E-state index contributed by atoms with van der Waals surface area (Å²) in [5, 5.41) is -0.0427. The number of ether oxygens (including phenoxy) is 1. The van der Waals surface area contributed by atoms with E-state index in [4.69, 9.17) is 4.74 Å². The number of hydrogen-bond acceptors (Lipinski definition) is 7. The van der Waals surface area contributed by atoms with Gasteiger partial charge in [-0.3, -0.25) is 4.98 Å². The second kappa shape index (κ2) is 7.98. The van der Waals surface area contributed by atoms with E-state index in [0.717, 1.165) is 12.4 Å². The molecule has 0 radical (unpaired) electrons. The maximum atomic E-state index is 12.3. The molecule has 0 bridgehead atoms. The van der Waals surface area contributed by atoms with Crippen LogP contribution in [0, 0.1) is 0 Å². The number of aromatic nitrogens is 3. The van der Waals surface area contributed by atoms with Gasteiger partial charge < -0.3 is 9.64 Å². The first-order valence-corrected chi connectivity index (χ1v) is 8.90. The minimum atomic E-state index is -3.56. The van der Waals surface area contributed by atoms with Crippen LogP contribution in [0.15, 0.2) is 41.8 Å². The first kappa shape index (κ1) is 17.3. The zero-order valence-electron chi connectivity index (χ0n) is 13.2. The van der Waals surface area contributed by atoms with Gasteiger partial charge in [-0.1, -0.05) is 6.07 Å². The zero-order valence-corrected chi connectivity index (χ0v) is 14.0. The van der Waals surface area contributed by atoms with E-state index < -0.39 is 9.84 Å². The van der Waals surface area contributed by atoms with Crippen molar-refractivity contribution in [2.24, 2.45) is 0 Å². The molecular weight excluding hydrogens is 316 g/mol. The molecule has 124 valence electrons. The molecule has 0 atom stereocenters. The Balaban J connectivity index is 2.20. The molecule has 0 saturated heterocycles. The molecule has 0 fully saturated rings. The minimum absolute atomic E-state index is 0.0427. The predicted octanol–water partition coefficient (Wildman–Crippen LogP) is 1.32. The Labute approximate surface area is 136 Å². The van der Waals surface area contributed by atoms with Crippen molar-refractivity contribution in [2.45, 2.75) is 17.7 Å². The summed E-state index contributed by atoms with van der Waals surface area (Å²) >= 11 is 0. The SMILES string of the molecule is CCN(CCOC)c1cccc(CS(=O)(=O)c2cnccn2)n1. The second-order valence-electron chi connectivity index (χ2n) is 4.86. The van der Waals surface area contributed by atoms with Gasteiger partial charge in [0, 0.05) is 32.6 Å². The quantitative estimate of drug-likeness (QED) is 0.718. The first-order valence-electron chi connectivity index (χ1n) is 7.25. The van der Waals surface area contributed by atoms with Crippen LogP contribution in [0.1, 0.15) is 12.6 Å². The Bertz CT molecular complexity index is 723. The summed E-state index contributed by atoms with van der Waals surface area (Å²) in [6.07, 6.45) is 4.04. The summed E-state index contributed by atoms with van der Waals surface area (Å²) in [6, 6.07) is 5.36. The molecule has 8 heteroatoms. The van der Waals surface area contributed by atoms with Gasteiger partial charge in [-0.15, -0.1) is 0 Å². The van der Waals surface area contributed by atoms with Gasteiger partial charge in [0.2, 0.25) is 9.84 Å². The lowest BCUT2D eigenvalue weighted by Crippen LogP contribution is -2.28. The molecule has 0 spiro atoms. The molecule has 23 heavy (non-hydrogen) atoms. The average molecular weight is 336 g/mol. The van der Waals surface area contributed by atoms with Crippen LogP contribution in [-0.2, 0) is 20.3 Å². The predicted molar refractivity (Wildman–Crippen MR) is 86.9 cm³/mol. The number of anilines is 1. The minimum Gasteiger partial charge on any atom is -0.383 e. The van der Waals surface area contributed by atoms with Crippen molar-refractivity contribution in [2.75, 3.05) is 31.7 Å². The maximum absolute atomic E-state index is 12.3. The van der Waals surface area contributed by atoms with Gasteiger partial charge in [0.25, 0.3) is 0 Å². The summed E-state index contributed by atoms with van der Waals surface area (Å²) in [4.78, 5) is 14.1. The molecule has 0 unspecified atom stereocenters. The van der Waals surface area contributed by atoms with E-state index in [9.17, 15) is 8.42 Å². The van der Waals surface area contributed by atoms with Crippen molar-refractivity contribution in [3.05, 3.63) is 42.5 Å². The summed E-state index contributed by atoms with van der Waals surface area (Å²) in [5.74, 6) is 0.526. The Morgan fingerprint density at radius 2 is 2.09 bits per heavy atom. The molecule has 0 amide bonds. The van der Waals surface area contributed by atoms with Gasteiger partial charge in [0.15, 0.2) is 5.03 Å².